The van der Waals surface area contributed by atoms with Crippen LogP contribution in [0.15, 0.2) is 18.2 Å². The van der Waals surface area contributed by atoms with Gasteiger partial charge in [-0.15, -0.1) is 0 Å². The van der Waals surface area contributed by atoms with Crippen molar-refractivity contribution in [1.29, 1.82) is 0 Å². The first-order valence-electron chi connectivity index (χ1n) is 5.01. The van der Waals surface area contributed by atoms with Crippen LogP contribution >= 0.6 is 11.3 Å². The fraction of sp³-hybridized carbons (Fsp3) is 0.364. The quantitative estimate of drug-likeness (QED) is 0.860. The predicted octanol–water partition coefficient (Wildman–Crippen LogP) is 3.65. The van der Waals surface area contributed by atoms with Crippen LogP contribution in [-0.2, 0) is 0 Å². The van der Waals surface area contributed by atoms with E-state index in [4.69, 9.17) is 0 Å². The molecule has 4 heteroatoms. The van der Waals surface area contributed by atoms with Crippen molar-refractivity contribution in [2.45, 2.75) is 26.3 Å². The summed E-state index contributed by atoms with van der Waals surface area (Å²) in [7, 11) is 0. The highest BCUT2D eigenvalue weighted by Crippen LogP contribution is 2.26. The van der Waals surface area contributed by atoms with Gasteiger partial charge < -0.3 is 5.32 Å². The van der Waals surface area contributed by atoms with Gasteiger partial charge in [0.2, 0.25) is 0 Å². The van der Waals surface area contributed by atoms with E-state index in [1.54, 1.807) is 6.07 Å². The Kier molecular flexibility index (Phi) is 2.86. The zero-order valence-corrected chi connectivity index (χ0v) is 9.57. The van der Waals surface area contributed by atoms with Crippen LogP contribution in [0.25, 0.3) is 10.2 Å². The van der Waals surface area contributed by atoms with Gasteiger partial charge in [0.05, 0.1) is 10.2 Å². The van der Waals surface area contributed by atoms with Gasteiger partial charge in [-0.1, -0.05) is 18.3 Å². The number of nitrogens with zero attached hydrogens (tertiary/aromatic N) is 1. The molecule has 1 unspecified atom stereocenters. The minimum absolute atomic E-state index is 0.207. The largest absolute Gasteiger partial charge is 0.359 e. The zero-order valence-electron chi connectivity index (χ0n) is 8.75. The summed E-state index contributed by atoms with van der Waals surface area (Å²) >= 11 is 1.49. The summed E-state index contributed by atoms with van der Waals surface area (Å²) in [6.45, 7) is 4.22. The van der Waals surface area contributed by atoms with E-state index in [0.29, 0.717) is 6.04 Å². The van der Waals surface area contributed by atoms with Crippen molar-refractivity contribution >= 4 is 26.7 Å². The summed E-state index contributed by atoms with van der Waals surface area (Å²) in [4.78, 5) is 4.38. The van der Waals surface area contributed by atoms with Gasteiger partial charge in [-0.05, 0) is 31.5 Å². The van der Waals surface area contributed by atoms with Gasteiger partial charge in [0.25, 0.3) is 0 Å². The first-order valence-corrected chi connectivity index (χ1v) is 5.83. The van der Waals surface area contributed by atoms with Crippen LogP contribution < -0.4 is 5.32 Å². The van der Waals surface area contributed by atoms with Gasteiger partial charge in [-0.25, -0.2) is 9.37 Å². The number of halogens is 1. The van der Waals surface area contributed by atoms with Crippen molar-refractivity contribution in [3.05, 3.63) is 24.0 Å². The molecule has 0 bridgehead atoms. The van der Waals surface area contributed by atoms with Crippen LogP contribution in [0.4, 0.5) is 9.52 Å². The van der Waals surface area contributed by atoms with Crippen molar-refractivity contribution in [3.8, 4) is 0 Å². The van der Waals surface area contributed by atoms with Crippen LogP contribution in [0.1, 0.15) is 20.3 Å². The van der Waals surface area contributed by atoms with Gasteiger partial charge in [-0.3, -0.25) is 0 Å². The number of anilines is 1. The summed E-state index contributed by atoms with van der Waals surface area (Å²) in [5, 5.41) is 4.15. The molecular weight excluding hydrogens is 211 g/mol. The Morgan fingerprint density at radius 1 is 1.53 bits per heavy atom. The van der Waals surface area contributed by atoms with E-state index in [9.17, 15) is 4.39 Å². The predicted molar refractivity (Wildman–Crippen MR) is 63.0 cm³/mol. The smallest absolute Gasteiger partial charge is 0.184 e. The standard InChI is InChI=1S/C11H13FN2S/c1-3-7(2)13-11-14-9-5-4-8(12)6-10(9)15-11/h4-7H,3H2,1-2H3,(H,13,14). The summed E-state index contributed by atoms with van der Waals surface area (Å²) < 4.78 is 13.8. The molecular formula is C11H13FN2S. The van der Waals surface area contributed by atoms with E-state index in [1.807, 2.05) is 0 Å². The summed E-state index contributed by atoms with van der Waals surface area (Å²) in [5.41, 5.74) is 0.854. The molecule has 0 radical (unpaired) electrons. The molecule has 0 amide bonds. The molecule has 1 aromatic carbocycles. The van der Waals surface area contributed by atoms with Crippen molar-refractivity contribution in [2.24, 2.45) is 0 Å². The van der Waals surface area contributed by atoms with Crippen molar-refractivity contribution in [3.63, 3.8) is 0 Å². The number of thiazole rings is 1. The third-order valence-corrected chi connectivity index (χ3v) is 3.28. The van der Waals surface area contributed by atoms with Crippen LogP contribution in [0, 0.1) is 5.82 Å². The van der Waals surface area contributed by atoms with E-state index in [1.165, 1.54) is 23.5 Å². The number of hydrogen-bond acceptors (Lipinski definition) is 3. The number of hydrogen-bond donors (Lipinski definition) is 1. The number of rotatable bonds is 3. The fourth-order valence-corrected chi connectivity index (χ4v) is 2.28. The Bertz CT molecular complexity index is 467. The van der Waals surface area contributed by atoms with E-state index in [0.717, 1.165) is 21.8 Å². The van der Waals surface area contributed by atoms with Gasteiger partial charge in [0.15, 0.2) is 5.13 Å². The third kappa shape index (κ3) is 2.26. The number of benzene rings is 1. The second kappa shape index (κ2) is 4.14. The monoisotopic (exact) mass is 224 g/mol. The van der Waals surface area contributed by atoms with E-state index < -0.39 is 0 Å². The van der Waals surface area contributed by atoms with Gasteiger partial charge >= 0.3 is 0 Å². The molecule has 2 rings (SSSR count). The van der Waals surface area contributed by atoms with E-state index in [-0.39, 0.29) is 5.82 Å². The molecule has 1 heterocycles. The van der Waals surface area contributed by atoms with E-state index >= 15 is 0 Å². The molecule has 80 valence electrons. The first-order chi connectivity index (χ1) is 7.19. The molecule has 0 aliphatic rings. The number of aromatic nitrogens is 1. The Labute approximate surface area is 92.1 Å². The highest BCUT2D eigenvalue weighted by atomic mass is 32.1. The molecule has 2 nitrogen and oxygen atoms in total. The lowest BCUT2D eigenvalue weighted by Gasteiger charge is -2.08. The van der Waals surface area contributed by atoms with Crippen LogP contribution in [0.5, 0.6) is 0 Å². The number of fused-ring (bicyclic) bond motifs is 1. The highest BCUT2D eigenvalue weighted by Gasteiger charge is 2.06. The maximum atomic E-state index is 12.9. The summed E-state index contributed by atoms with van der Waals surface area (Å²) in [6, 6.07) is 5.07. The molecule has 0 spiro atoms. The molecule has 0 saturated carbocycles. The molecule has 1 atom stereocenters. The molecule has 2 aromatic rings. The third-order valence-electron chi connectivity index (χ3n) is 2.33. The minimum Gasteiger partial charge on any atom is -0.359 e. The molecule has 0 saturated heterocycles. The van der Waals surface area contributed by atoms with Crippen LogP contribution in [0.2, 0.25) is 0 Å². The van der Waals surface area contributed by atoms with E-state index in [2.05, 4.69) is 24.1 Å². The second-order valence-corrected chi connectivity index (χ2v) is 4.62. The Morgan fingerprint density at radius 2 is 2.33 bits per heavy atom. The number of nitrogens with one attached hydrogen (secondary N) is 1. The lowest BCUT2D eigenvalue weighted by molar-refractivity contribution is 0.630. The van der Waals surface area contributed by atoms with Crippen LogP contribution in [-0.4, -0.2) is 11.0 Å². The highest BCUT2D eigenvalue weighted by molar-refractivity contribution is 7.22. The van der Waals surface area contributed by atoms with Crippen molar-refractivity contribution in [1.82, 2.24) is 4.98 Å². The maximum absolute atomic E-state index is 12.9. The summed E-state index contributed by atoms with van der Waals surface area (Å²) in [5.74, 6) is -0.207. The SMILES string of the molecule is CCC(C)Nc1nc2ccc(F)cc2s1. The second-order valence-electron chi connectivity index (χ2n) is 3.58. The fourth-order valence-electron chi connectivity index (χ4n) is 1.27. The van der Waals surface area contributed by atoms with Crippen LogP contribution in [0.3, 0.4) is 0 Å². The molecule has 1 N–H and O–H groups in total. The lowest BCUT2D eigenvalue weighted by atomic mass is 10.3. The van der Waals surface area contributed by atoms with Crippen molar-refractivity contribution in [2.75, 3.05) is 5.32 Å². The first kappa shape index (κ1) is 10.4. The molecule has 0 aliphatic heterocycles. The Hall–Kier alpha value is -1.16. The zero-order chi connectivity index (χ0) is 10.8. The lowest BCUT2D eigenvalue weighted by Crippen LogP contribution is -2.12. The van der Waals surface area contributed by atoms with Crippen molar-refractivity contribution < 1.29 is 4.39 Å². The molecule has 0 fully saturated rings. The summed E-state index contributed by atoms with van der Waals surface area (Å²) in [6.07, 6.45) is 1.05. The minimum atomic E-state index is -0.207. The topological polar surface area (TPSA) is 24.9 Å². The maximum Gasteiger partial charge on any atom is 0.184 e. The normalized spacial score (nSPS) is 13.0. The van der Waals surface area contributed by atoms with Gasteiger partial charge in [0.1, 0.15) is 5.82 Å². The molecule has 0 aliphatic carbocycles. The van der Waals surface area contributed by atoms with Gasteiger partial charge in [-0.2, -0.15) is 0 Å². The molecule has 1 aromatic heterocycles. The average molecular weight is 224 g/mol. The Morgan fingerprint density at radius 3 is 3.07 bits per heavy atom. The molecule has 15 heavy (non-hydrogen) atoms. The van der Waals surface area contributed by atoms with Gasteiger partial charge in [0, 0.05) is 6.04 Å². The average Bonchev–Trinajstić information content (AvgIpc) is 2.59. The Balaban J connectivity index is 2.30.